The Morgan fingerprint density at radius 2 is 1.70 bits per heavy atom. The van der Waals surface area contributed by atoms with E-state index >= 15 is 0 Å². The number of likely N-dealkylation sites (tertiary alicyclic amines) is 1. The number of nitrogens with zero attached hydrogens (tertiary/aromatic N) is 1. The lowest BCUT2D eigenvalue weighted by molar-refractivity contribution is -0.136. The number of benzene rings is 2. The molecule has 3 rings (SSSR count). The fourth-order valence-corrected chi connectivity index (χ4v) is 3.27. The molecule has 2 aromatic rings. The molecule has 0 radical (unpaired) electrons. The molecule has 2 aromatic carbocycles. The Hall–Kier alpha value is -3.07. The number of nitrogens with one attached hydrogen (secondary N) is 2. The second-order valence-corrected chi connectivity index (χ2v) is 7.12. The Morgan fingerprint density at radius 3 is 2.30 bits per heavy atom. The lowest BCUT2D eigenvalue weighted by Gasteiger charge is -2.31. The summed E-state index contributed by atoms with van der Waals surface area (Å²) in [5.74, 6) is -0.431. The summed E-state index contributed by atoms with van der Waals surface area (Å²) in [5.41, 5.74) is -1.14. The fraction of sp³-hybridized carbons (Fsp3) is 0.333. The third-order valence-corrected chi connectivity index (χ3v) is 5.02. The van der Waals surface area contributed by atoms with Crippen molar-refractivity contribution in [3.63, 3.8) is 0 Å². The molecule has 6 nitrogen and oxygen atoms in total. The van der Waals surface area contributed by atoms with Crippen LogP contribution in [-0.4, -0.2) is 41.6 Å². The zero-order chi connectivity index (χ0) is 21.7. The van der Waals surface area contributed by atoms with Gasteiger partial charge in [0.2, 0.25) is 0 Å². The molecule has 9 heteroatoms. The normalized spacial score (nSPS) is 15.0. The molecule has 1 fully saturated rings. The van der Waals surface area contributed by atoms with Gasteiger partial charge in [0.05, 0.1) is 11.3 Å². The first-order valence-corrected chi connectivity index (χ1v) is 9.52. The van der Waals surface area contributed by atoms with E-state index in [9.17, 15) is 22.8 Å². The van der Waals surface area contributed by atoms with Crippen LogP contribution in [0.5, 0.6) is 0 Å². The molecule has 0 spiro atoms. The molecule has 0 bridgehead atoms. The van der Waals surface area contributed by atoms with E-state index in [1.54, 1.807) is 30.3 Å². The van der Waals surface area contributed by atoms with Crippen LogP contribution >= 0.6 is 0 Å². The van der Waals surface area contributed by atoms with Crippen molar-refractivity contribution >= 4 is 23.3 Å². The van der Waals surface area contributed by atoms with Gasteiger partial charge in [0.25, 0.3) is 5.91 Å². The molecule has 0 atom stereocenters. The van der Waals surface area contributed by atoms with Gasteiger partial charge < -0.3 is 20.6 Å². The van der Waals surface area contributed by atoms with Gasteiger partial charge in [-0.1, -0.05) is 18.2 Å². The van der Waals surface area contributed by atoms with Crippen LogP contribution in [0.2, 0.25) is 0 Å². The largest absolute Gasteiger partial charge is 0.418 e. The van der Waals surface area contributed by atoms with Gasteiger partial charge in [-0.2, -0.15) is 13.2 Å². The van der Waals surface area contributed by atoms with Crippen molar-refractivity contribution in [2.75, 3.05) is 30.3 Å². The predicted octanol–water partition coefficient (Wildman–Crippen LogP) is 4.19. The summed E-state index contributed by atoms with van der Waals surface area (Å²) >= 11 is 0. The number of amides is 3. The van der Waals surface area contributed by atoms with E-state index in [2.05, 4.69) is 10.6 Å². The van der Waals surface area contributed by atoms with Crippen LogP contribution in [0, 0.1) is 5.92 Å². The van der Waals surface area contributed by atoms with Crippen molar-refractivity contribution in [1.29, 1.82) is 0 Å². The lowest BCUT2D eigenvalue weighted by Crippen LogP contribution is -2.41. The molecule has 0 saturated carbocycles. The molecular formula is C21H22F3N3O3. The number of aliphatic hydroxyl groups is 1. The quantitative estimate of drug-likeness (QED) is 0.692. The highest BCUT2D eigenvalue weighted by molar-refractivity contribution is 6.04. The van der Waals surface area contributed by atoms with Gasteiger partial charge in [-0.15, -0.1) is 0 Å². The summed E-state index contributed by atoms with van der Waals surface area (Å²) in [5, 5.41) is 13.9. The highest BCUT2D eigenvalue weighted by Gasteiger charge is 2.35. The average Bonchev–Trinajstić information content (AvgIpc) is 2.74. The predicted molar refractivity (Wildman–Crippen MR) is 106 cm³/mol. The highest BCUT2D eigenvalue weighted by atomic mass is 19.4. The second-order valence-electron chi connectivity index (χ2n) is 7.12. The Labute approximate surface area is 171 Å². The van der Waals surface area contributed by atoms with Crippen molar-refractivity contribution in [2.24, 2.45) is 5.92 Å². The number of anilines is 2. The minimum Gasteiger partial charge on any atom is -0.396 e. The van der Waals surface area contributed by atoms with E-state index < -0.39 is 23.7 Å². The molecule has 0 aliphatic carbocycles. The number of carbonyl (C=O) groups is 2. The topological polar surface area (TPSA) is 81.7 Å². The van der Waals surface area contributed by atoms with Gasteiger partial charge in [-0.25, -0.2) is 4.79 Å². The molecule has 1 aliphatic heterocycles. The number of aliphatic hydroxyl groups excluding tert-OH is 1. The van der Waals surface area contributed by atoms with Crippen molar-refractivity contribution < 1.29 is 27.9 Å². The Kier molecular flexibility index (Phi) is 6.61. The van der Waals surface area contributed by atoms with Gasteiger partial charge >= 0.3 is 12.2 Å². The van der Waals surface area contributed by atoms with Crippen molar-refractivity contribution in [2.45, 2.75) is 19.0 Å². The summed E-state index contributed by atoms with van der Waals surface area (Å²) in [4.78, 5) is 26.0. The number of hydrogen-bond donors (Lipinski definition) is 3. The summed E-state index contributed by atoms with van der Waals surface area (Å²) < 4.78 is 40.7. The van der Waals surface area contributed by atoms with Crippen LogP contribution in [0.25, 0.3) is 0 Å². The minimum absolute atomic E-state index is 0.0297. The molecule has 30 heavy (non-hydrogen) atoms. The van der Waals surface area contributed by atoms with Crippen LogP contribution in [0.15, 0.2) is 48.5 Å². The van der Waals surface area contributed by atoms with Crippen molar-refractivity contribution in [1.82, 2.24) is 4.90 Å². The Morgan fingerprint density at radius 1 is 1.03 bits per heavy atom. The first-order chi connectivity index (χ1) is 14.3. The second kappa shape index (κ2) is 9.17. The van der Waals surface area contributed by atoms with Gasteiger partial charge in [0.1, 0.15) is 0 Å². The SMILES string of the molecule is O=C(Nc1ccc(NC(=O)N2CCC(CO)CC2)c(C(F)(F)F)c1)c1ccccc1. The maximum Gasteiger partial charge on any atom is 0.418 e. The standard InChI is InChI=1S/C21H22F3N3O3/c22-21(23,24)17-12-16(25-19(29)15-4-2-1-3-5-15)6-7-18(17)26-20(30)27-10-8-14(13-28)9-11-27/h1-7,12,14,28H,8-11,13H2,(H,25,29)(H,26,30). The summed E-state index contributed by atoms with van der Waals surface area (Å²) in [6, 6.07) is 10.7. The Balaban J connectivity index is 1.75. The first-order valence-electron chi connectivity index (χ1n) is 9.52. The van der Waals surface area contributed by atoms with Crippen LogP contribution in [0.1, 0.15) is 28.8 Å². The maximum atomic E-state index is 13.6. The molecule has 0 unspecified atom stereocenters. The molecule has 1 heterocycles. The van der Waals surface area contributed by atoms with Crippen LogP contribution < -0.4 is 10.6 Å². The monoisotopic (exact) mass is 421 g/mol. The van der Waals surface area contributed by atoms with Crippen LogP contribution in [-0.2, 0) is 6.18 Å². The van der Waals surface area contributed by atoms with Crippen LogP contribution in [0.3, 0.4) is 0 Å². The first kappa shape index (κ1) is 21.6. The van der Waals surface area contributed by atoms with Gasteiger partial charge in [0.15, 0.2) is 0 Å². The summed E-state index contributed by atoms with van der Waals surface area (Å²) in [6.45, 7) is 0.761. The van der Waals surface area contributed by atoms with Crippen molar-refractivity contribution in [3.05, 3.63) is 59.7 Å². The van der Waals surface area contributed by atoms with Crippen LogP contribution in [0.4, 0.5) is 29.3 Å². The number of carbonyl (C=O) groups excluding carboxylic acids is 2. The third kappa shape index (κ3) is 5.29. The van der Waals surface area contributed by atoms with Gasteiger partial charge in [-0.05, 0) is 49.1 Å². The van der Waals surface area contributed by atoms with E-state index in [1.807, 2.05) is 0 Å². The lowest BCUT2D eigenvalue weighted by atomic mass is 9.98. The van der Waals surface area contributed by atoms with E-state index in [-0.39, 0.29) is 23.9 Å². The number of piperidine rings is 1. The Bertz CT molecular complexity index is 895. The number of halogens is 3. The number of alkyl halides is 3. The zero-order valence-electron chi connectivity index (χ0n) is 16.1. The average molecular weight is 421 g/mol. The molecule has 3 N–H and O–H groups in total. The molecular weight excluding hydrogens is 399 g/mol. The number of rotatable bonds is 4. The van der Waals surface area contributed by atoms with E-state index in [1.165, 1.54) is 11.0 Å². The number of urea groups is 1. The molecule has 1 saturated heterocycles. The summed E-state index contributed by atoms with van der Waals surface area (Å²) in [6.07, 6.45) is -3.53. The van der Waals surface area contributed by atoms with Gasteiger partial charge in [-0.3, -0.25) is 4.79 Å². The smallest absolute Gasteiger partial charge is 0.396 e. The van der Waals surface area contributed by atoms with E-state index in [0.29, 0.717) is 31.5 Å². The number of hydrogen-bond acceptors (Lipinski definition) is 3. The van der Waals surface area contributed by atoms with E-state index in [0.717, 1.165) is 12.1 Å². The zero-order valence-corrected chi connectivity index (χ0v) is 16.1. The maximum absolute atomic E-state index is 13.6. The molecule has 3 amide bonds. The minimum atomic E-state index is -4.72. The summed E-state index contributed by atoms with van der Waals surface area (Å²) in [7, 11) is 0. The fourth-order valence-electron chi connectivity index (χ4n) is 3.27. The molecule has 0 aromatic heterocycles. The van der Waals surface area contributed by atoms with Gasteiger partial charge in [0, 0.05) is 30.9 Å². The third-order valence-electron chi connectivity index (χ3n) is 5.02. The van der Waals surface area contributed by atoms with Crippen molar-refractivity contribution in [3.8, 4) is 0 Å². The molecule has 160 valence electrons. The molecule has 1 aliphatic rings. The van der Waals surface area contributed by atoms with E-state index in [4.69, 9.17) is 5.11 Å². The highest BCUT2D eigenvalue weighted by Crippen LogP contribution is 2.37.